The second kappa shape index (κ2) is 9.40. The first-order valence-corrected chi connectivity index (χ1v) is 12.8. The lowest BCUT2D eigenvalue weighted by Crippen LogP contribution is -2.44. The molecule has 0 bridgehead atoms. The van der Waals surface area contributed by atoms with E-state index in [1.807, 2.05) is 60.8 Å². The maximum Gasteiger partial charge on any atom is 0.243 e. The summed E-state index contributed by atoms with van der Waals surface area (Å²) in [6.07, 6.45) is 3.91. The first kappa shape index (κ1) is 24.5. The normalized spacial score (nSPS) is 14.9. The van der Waals surface area contributed by atoms with Crippen LogP contribution < -0.4 is 0 Å². The van der Waals surface area contributed by atoms with E-state index in [1.54, 1.807) is 12.1 Å². The lowest BCUT2D eigenvalue weighted by atomic mass is 9.87. The minimum Gasteiger partial charge on any atom is -0.353 e. The van der Waals surface area contributed by atoms with Gasteiger partial charge in [-0.2, -0.15) is 4.31 Å². The number of benzene rings is 1. The van der Waals surface area contributed by atoms with Crippen molar-refractivity contribution >= 4 is 15.9 Å². The smallest absolute Gasteiger partial charge is 0.243 e. The van der Waals surface area contributed by atoms with Gasteiger partial charge in [-0.25, -0.2) is 8.42 Å². The minimum absolute atomic E-state index is 0.0580. The second-order valence-electron chi connectivity index (χ2n) is 10.3. The van der Waals surface area contributed by atoms with Crippen LogP contribution >= 0.6 is 0 Å². The Balaban J connectivity index is 1.83. The molecular formula is C25H37N3O3S. The number of sulfonamides is 1. The molecule has 0 spiro atoms. The van der Waals surface area contributed by atoms with Crippen molar-refractivity contribution in [2.75, 3.05) is 13.1 Å². The number of hydrogen-bond donors (Lipinski definition) is 0. The molecule has 0 radical (unpaired) electrons. The molecule has 176 valence electrons. The lowest BCUT2D eigenvalue weighted by molar-refractivity contribution is -0.132. The third kappa shape index (κ3) is 5.81. The van der Waals surface area contributed by atoms with Crippen LogP contribution in [0.5, 0.6) is 0 Å². The molecule has 1 saturated carbocycles. The van der Waals surface area contributed by atoms with E-state index in [1.165, 1.54) is 4.31 Å². The van der Waals surface area contributed by atoms with Crippen molar-refractivity contribution in [3.63, 3.8) is 0 Å². The Hall–Kier alpha value is -2.12. The topological polar surface area (TPSA) is 62.6 Å². The molecule has 1 fully saturated rings. The summed E-state index contributed by atoms with van der Waals surface area (Å²) in [7, 11) is -1.82. The van der Waals surface area contributed by atoms with Crippen LogP contribution in [0.4, 0.5) is 0 Å². The number of rotatable bonds is 9. The highest BCUT2D eigenvalue weighted by Gasteiger charge is 2.36. The summed E-state index contributed by atoms with van der Waals surface area (Å²) in [5.74, 6) is -0.0297. The maximum absolute atomic E-state index is 13.5. The Labute approximate surface area is 193 Å². The van der Waals surface area contributed by atoms with Gasteiger partial charge in [-0.05, 0) is 54.0 Å². The molecule has 1 aliphatic carbocycles. The van der Waals surface area contributed by atoms with Crippen molar-refractivity contribution in [2.45, 2.75) is 70.4 Å². The van der Waals surface area contributed by atoms with Crippen molar-refractivity contribution < 1.29 is 13.2 Å². The van der Waals surface area contributed by atoms with E-state index < -0.39 is 10.0 Å². The van der Waals surface area contributed by atoms with E-state index in [0.717, 1.165) is 24.1 Å². The molecule has 2 aromatic rings. The highest BCUT2D eigenvalue weighted by Crippen LogP contribution is 2.30. The van der Waals surface area contributed by atoms with Gasteiger partial charge in [0.1, 0.15) is 0 Å². The molecule has 1 heterocycles. The summed E-state index contributed by atoms with van der Waals surface area (Å²) in [5.41, 5.74) is 2.06. The van der Waals surface area contributed by atoms with Gasteiger partial charge in [0.25, 0.3) is 0 Å². The van der Waals surface area contributed by atoms with Crippen molar-refractivity contribution in [3.8, 4) is 0 Å². The summed E-state index contributed by atoms with van der Waals surface area (Å²) < 4.78 is 30.3. The predicted molar refractivity (Wildman–Crippen MR) is 128 cm³/mol. The average Bonchev–Trinajstić information content (AvgIpc) is 3.46. The molecule has 0 unspecified atom stereocenters. The lowest BCUT2D eigenvalue weighted by Gasteiger charge is -2.28. The van der Waals surface area contributed by atoms with Gasteiger partial charge in [0.05, 0.1) is 18.0 Å². The van der Waals surface area contributed by atoms with Gasteiger partial charge in [-0.1, -0.05) is 46.8 Å². The van der Waals surface area contributed by atoms with Crippen molar-refractivity contribution in [1.29, 1.82) is 0 Å². The summed E-state index contributed by atoms with van der Waals surface area (Å²) in [6, 6.07) is 11.2. The van der Waals surface area contributed by atoms with E-state index in [4.69, 9.17) is 0 Å². The van der Waals surface area contributed by atoms with Crippen LogP contribution in [-0.4, -0.2) is 47.2 Å². The zero-order valence-corrected chi connectivity index (χ0v) is 21.0. The summed E-state index contributed by atoms with van der Waals surface area (Å²) in [5, 5.41) is 0. The molecule has 7 heteroatoms. The zero-order chi connectivity index (χ0) is 23.7. The van der Waals surface area contributed by atoms with Crippen LogP contribution in [0.2, 0.25) is 0 Å². The Morgan fingerprint density at radius 3 is 2.22 bits per heavy atom. The minimum atomic E-state index is -3.78. The van der Waals surface area contributed by atoms with E-state index in [0.29, 0.717) is 13.1 Å². The van der Waals surface area contributed by atoms with Crippen molar-refractivity contribution in [3.05, 3.63) is 53.9 Å². The molecule has 0 N–H and O–H groups in total. The average molecular weight is 460 g/mol. The molecule has 0 atom stereocenters. The third-order valence-electron chi connectivity index (χ3n) is 5.93. The number of carbonyl (C=O) groups is 1. The Bertz CT molecular complexity index is 1030. The SMILES string of the molecule is CC(C)CN(CC(=O)N(Cc1cccn1C)C1CC1)S(=O)(=O)c1ccc(C(C)(C)C)cc1. The Kier molecular flexibility index (Phi) is 7.20. The van der Waals surface area contributed by atoms with Crippen LogP contribution in [0.1, 0.15) is 58.7 Å². The first-order chi connectivity index (χ1) is 14.9. The molecule has 3 rings (SSSR count). The van der Waals surface area contributed by atoms with Crippen LogP contribution in [0, 0.1) is 5.92 Å². The fourth-order valence-electron chi connectivity index (χ4n) is 3.81. The van der Waals surface area contributed by atoms with Crippen LogP contribution in [0.25, 0.3) is 0 Å². The Morgan fingerprint density at radius 1 is 1.12 bits per heavy atom. The van der Waals surface area contributed by atoms with Crippen LogP contribution in [0.15, 0.2) is 47.5 Å². The second-order valence-corrected chi connectivity index (χ2v) is 12.3. The van der Waals surface area contributed by atoms with Gasteiger partial charge < -0.3 is 9.47 Å². The quantitative estimate of drug-likeness (QED) is 0.566. The van der Waals surface area contributed by atoms with Gasteiger partial charge in [-0.3, -0.25) is 4.79 Å². The summed E-state index contributed by atoms with van der Waals surface area (Å²) in [4.78, 5) is 15.4. The predicted octanol–water partition coefficient (Wildman–Crippen LogP) is 4.16. The summed E-state index contributed by atoms with van der Waals surface area (Å²) in [6.45, 7) is 10.9. The first-order valence-electron chi connectivity index (χ1n) is 11.4. The van der Waals surface area contributed by atoms with E-state index in [9.17, 15) is 13.2 Å². The van der Waals surface area contributed by atoms with Gasteiger partial charge in [0.15, 0.2) is 0 Å². The number of amides is 1. The molecule has 0 aliphatic heterocycles. The Morgan fingerprint density at radius 2 is 1.75 bits per heavy atom. The molecular weight excluding hydrogens is 422 g/mol. The van der Waals surface area contributed by atoms with Crippen LogP contribution in [-0.2, 0) is 33.8 Å². The molecule has 1 aromatic carbocycles. The fraction of sp³-hybridized carbons (Fsp3) is 0.560. The van der Waals surface area contributed by atoms with Gasteiger partial charge in [0.2, 0.25) is 15.9 Å². The highest BCUT2D eigenvalue weighted by molar-refractivity contribution is 7.89. The molecule has 1 aliphatic rings. The molecule has 1 aromatic heterocycles. The van der Waals surface area contributed by atoms with Crippen LogP contribution in [0.3, 0.4) is 0 Å². The van der Waals surface area contributed by atoms with Gasteiger partial charge >= 0.3 is 0 Å². The molecule has 1 amide bonds. The molecule has 6 nitrogen and oxygen atoms in total. The number of carbonyl (C=O) groups excluding carboxylic acids is 1. The standard InChI is InChI=1S/C25H37N3O3S/c1-19(2)16-27(32(30,31)23-13-9-20(10-14-23)25(3,4)5)18-24(29)28(21-11-12-21)17-22-8-7-15-26(22)6/h7-10,13-15,19,21H,11-12,16-18H2,1-6H3. The maximum atomic E-state index is 13.5. The van der Waals surface area contributed by atoms with E-state index in [2.05, 4.69) is 20.8 Å². The number of aryl methyl sites for hydroxylation is 1. The van der Waals surface area contributed by atoms with Gasteiger partial charge in [-0.15, -0.1) is 0 Å². The zero-order valence-electron chi connectivity index (χ0n) is 20.2. The third-order valence-corrected chi connectivity index (χ3v) is 7.76. The number of hydrogen-bond acceptors (Lipinski definition) is 3. The van der Waals surface area contributed by atoms with E-state index in [-0.39, 0.29) is 34.7 Å². The largest absolute Gasteiger partial charge is 0.353 e. The number of nitrogens with zero attached hydrogens (tertiary/aromatic N) is 3. The fourth-order valence-corrected chi connectivity index (χ4v) is 5.37. The highest BCUT2D eigenvalue weighted by atomic mass is 32.2. The van der Waals surface area contributed by atoms with E-state index >= 15 is 0 Å². The molecule has 0 saturated heterocycles. The van der Waals surface area contributed by atoms with Crippen molar-refractivity contribution in [1.82, 2.24) is 13.8 Å². The monoisotopic (exact) mass is 459 g/mol. The summed E-state index contributed by atoms with van der Waals surface area (Å²) >= 11 is 0. The molecule has 32 heavy (non-hydrogen) atoms. The van der Waals surface area contributed by atoms with Crippen molar-refractivity contribution in [2.24, 2.45) is 13.0 Å². The number of aromatic nitrogens is 1. The van der Waals surface area contributed by atoms with Gasteiger partial charge in [0, 0.05) is 31.5 Å².